The molecule has 0 saturated heterocycles. The van der Waals surface area contributed by atoms with Crippen LogP contribution in [0.4, 0.5) is 0 Å². The molecule has 0 spiro atoms. The summed E-state index contributed by atoms with van der Waals surface area (Å²) < 4.78 is 2.07. The van der Waals surface area contributed by atoms with Crippen LogP contribution in [0.2, 0.25) is 0 Å². The van der Waals surface area contributed by atoms with Crippen LogP contribution >= 0.6 is 0 Å². The third kappa shape index (κ3) is 1.65. The van der Waals surface area contributed by atoms with Gasteiger partial charge in [-0.15, -0.1) is 0 Å². The van der Waals surface area contributed by atoms with Crippen LogP contribution in [-0.4, -0.2) is 15.3 Å². The van der Waals surface area contributed by atoms with Gasteiger partial charge in [0.05, 0.1) is 0 Å². The molecule has 2 rings (SSSR count). The molecule has 15 heavy (non-hydrogen) atoms. The molecule has 0 aliphatic rings. The molecule has 0 unspecified atom stereocenters. The lowest BCUT2D eigenvalue weighted by Crippen LogP contribution is -2.02. The van der Waals surface area contributed by atoms with E-state index in [-0.39, 0.29) is 5.78 Å². The van der Waals surface area contributed by atoms with Gasteiger partial charge in [-0.05, 0) is 32.0 Å². The lowest BCUT2D eigenvalue weighted by Gasteiger charge is -2.08. The molecule has 0 N–H and O–H groups in total. The second-order valence-corrected chi connectivity index (χ2v) is 3.98. The van der Waals surface area contributed by atoms with Crippen molar-refractivity contribution >= 4 is 16.8 Å². The summed E-state index contributed by atoms with van der Waals surface area (Å²) in [5.41, 5.74) is 1.42. The van der Waals surface area contributed by atoms with Gasteiger partial charge in [-0.2, -0.15) is 0 Å². The first-order valence-electron chi connectivity index (χ1n) is 5.08. The number of carbonyl (C=O) groups is 1. The van der Waals surface area contributed by atoms with Crippen LogP contribution in [0.15, 0.2) is 24.4 Å². The number of Topliss-reactive ketones (excluding diaryl/α,β-unsaturated/α-hetero) is 1. The van der Waals surface area contributed by atoms with Gasteiger partial charge in [0.25, 0.3) is 0 Å². The van der Waals surface area contributed by atoms with Crippen LogP contribution in [0.25, 0.3) is 11.0 Å². The van der Waals surface area contributed by atoms with Crippen LogP contribution < -0.4 is 0 Å². The average molecular weight is 202 g/mol. The normalized spacial score (nSPS) is 11.2. The van der Waals surface area contributed by atoms with Gasteiger partial charge in [-0.1, -0.05) is 0 Å². The number of fused-ring (bicyclic) bond motifs is 1. The first-order valence-corrected chi connectivity index (χ1v) is 5.08. The summed E-state index contributed by atoms with van der Waals surface area (Å²) in [7, 11) is 0. The van der Waals surface area contributed by atoms with Crippen LogP contribution in [0, 0.1) is 0 Å². The Morgan fingerprint density at radius 1 is 1.33 bits per heavy atom. The molecule has 0 fully saturated rings. The van der Waals surface area contributed by atoms with Crippen molar-refractivity contribution in [1.29, 1.82) is 0 Å². The standard InChI is InChI=1S/C12H14N2O/c1-8(2)14-7-6-10-4-5-11(9(3)15)13-12(10)14/h4-8H,1-3H3. The van der Waals surface area contributed by atoms with Gasteiger partial charge in [0.1, 0.15) is 11.3 Å². The predicted octanol–water partition coefficient (Wildman–Crippen LogP) is 2.82. The minimum Gasteiger partial charge on any atom is -0.330 e. The second-order valence-electron chi connectivity index (χ2n) is 3.98. The SMILES string of the molecule is CC(=O)c1ccc2ccn(C(C)C)c2n1. The first kappa shape index (κ1) is 9.90. The van der Waals surface area contributed by atoms with Crippen LogP contribution in [-0.2, 0) is 0 Å². The lowest BCUT2D eigenvalue weighted by molar-refractivity contribution is 0.101. The zero-order valence-corrected chi connectivity index (χ0v) is 9.19. The maximum absolute atomic E-state index is 11.2. The Kier molecular flexibility index (Phi) is 2.31. The number of ketones is 1. The Morgan fingerprint density at radius 2 is 2.07 bits per heavy atom. The fourth-order valence-corrected chi connectivity index (χ4v) is 1.64. The molecule has 3 heteroatoms. The van der Waals surface area contributed by atoms with Crippen molar-refractivity contribution in [3.63, 3.8) is 0 Å². The molecule has 2 aromatic heterocycles. The molecule has 2 aromatic rings. The minimum absolute atomic E-state index is 0.00778. The number of hydrogen-bond donors (Lipinski definition) is 0. The van der Waals surface area contributed by atoms with Gasteiger partial charge in [0, 0.05) is 24.5 Å². The molecular formula is C12H14N2O. The van der Waals surface area contributed by atoms with Crippen molar-refractivity contribution in [2.24, 2.45) is 0 Å². The molecule has 0 aliphatic carbocycles. The summed E-state index contributed by atoms with van der Waals surface area (Å²) in [5.74, 6) is 0.00778. The third-order valence-electron chi connectivity index (χ3n) is 2.48. The van der Waals surface area contributed by atoms with Crippen LogP contribution in [0.1, 0.15) is 37.3 Å². The van der Waals surface area contributed by atoms with Crippen LogP contribution in [0.5, 0.6) is 0 Å². The minimum atomic E-state index is 0.00778. The van der Waals surface area contributed by atoms with Crippen molar-refractivity contribution < 1.29 is 4.79 Å². The molecule has 0 aliphatic heterocycles. The molecule has 0 radical (unpaired) electrons. The monoisotopic (exact) mass is 202 g/mol. The zero-order valence-electron chi connectivity index (χ0n) is 9.19. The van der Waals surface area contributed by atoms with Gasteiger partial charge in [0.2, 0.25) is 0 Å². The molecule has 0 saturated carbocycles. The predicted molar refractivity (Wildman–Crippen MR) is 60.1 cm³/mol. The fourth-order valence-electron chi connectivity index (χ4n) is 1.64. The number of pyridine rings is 1. The number of nitrogens with zero attached hydrogens (tertiary/aromatic N) is 2. The summed E-state index contributed by atoms with van der Waals surface area (Å²) in [5, 5.41) is 1.08. The maximum atomic E-state index is 11.2. The van der Waals surface area contributed by atoms with E-state index < -0.39 is 0 Å². The van der Waals surface area contributed by atoms with Crippen molar-refractivity contribution in [2.75, 3.05) is 0 Å². The number of aromatic nitrogens is 2. The largest absolute Gasteiger partial charge is 0.330 e. The van der Waals surface area contributed by atoms with Gasteiger partial charge in [-0.25, -0.2) is 4.98 Å². The highest BCUT2D eigenvalue weighted by atomic mass is 16.1. The average Bonchev–Trinajstić information content (AvgIpc) is 2.59. The smallest absolute Gasteiger partial charge is 0.178 e. The first-order chi connectivity index (χ1) is 7.09. The van der Waals surface area contributed by atoms with Crippen molar-refractivity contribution in [1.82, 2.24) is 9.55 Å². The fraction of sp³-hybridized carbons (Fsp3) is 0.333. The Morgan fingerprint density at radius 3 is 2.67 bits per heavy atom. The Hall–Kier alpha value is -1.64. The molecule has 2 heterocycles. The van der Waals surface area contributed by atoms with Gasteiger partial charge >= 0.3 is 0 Å². The summed E-state index contributed by atoms with van der Waals surface area (Å²) in [6, 6.07) is 6.09. The molecule has 78 valence electrons. The van der Waals surface area contributed by atoms with E-state index in [1.165, 1.54) is 6.92 Å². The van der Waals surface area contributed by atoms with Gasteiger partial charge in [-0.3, -0.25) is 4.79 Å². The molecule has 3 nitrogen and oxygen atoms in total. The zero-order chi connectivity index (χ0) is 11.0. The number of carbonyl (C=O) groups excluding carboxylic acids is 1. The third-order valence-corrected chi connectivity index (χ3v) is 2.48. The molecule has 0 atom stereocenters. The summed E-state index contributed by atoms with van der Waals surface area (Å²) in [6.07, 6.45) is 2.01. The van der Waals surface area contributed by atoms with Gasteiger partial charge in [0.15, 0.2) is 5.78 Å². The Labute approximate surface area is 88.7 Å². The Balaban J connectivity index is 2.66. The van der Waals surface area contributed by atoms with E-state index in [4.69, 9.17) is 0 Å². The van der Waals surface area contributed by atoms with E-state index in [2.05, 4.69) is 23.4 Å². The molecule has 0 aromatic carbocycles. The van der Waals surface area contributed by atoms with Crippen molar-refractivity contribution in [3.05, 3.63) is 30.1 Å². The van der Waals surface area contributed by atoms with E-state index in [0.717, 1.165) is 11.0 Å². The highest BCUT2D eigenvalue weighted by Gasteiger charge is 2.08. The highest BCUT2D eigenvalue weighted by molar-refractivity contribution is 5.94. The van der Waals surface area contributed by atoms with E-state index in [1.54, 1.807) is 6.07 Å². The topological polar surface area (TPSA) is 34.9 Å². The van der Waals surface area contributed by atoms with Crippen molar-refractivity contribution in [2.45, 2.75) is 26.8 Å². The van der Waals surface area contributed by atoms with E-state index in [9.17, 15) is 4.79 Å². The maximum Gasteiger partial charge on any atom is 0.178 e. The molecule has 0 bridgehead atoms. The Bertz CT molecular complexity index is 511. The lowest BCUT2D eigenvalue weighted by atomic mass is 10.2. The number of rotatable bonds is 2. The summed E-state index contributed by atoms with van der Waals surface area (Å²) >= 11 is 0. The van der Waals surface area contributed by atoms with E-state index in [1.807, 2.05) is 18.3 Å². The van der Waals surface area contributed by atoms with Gasteiger partial charge < -0.3 is 4.57 Å². The molecular weight excluding hydrogens is 188 g/mol. The van der Waals surface area contributed by atoms with E-state index in [0.29, 0.717) is 11.7 Å². The van der Waals surface area contributed by atoms with Crippen molar-refractivity contribution in [3.8, 4) is 0 Å². The second kappa shape index (κ2) is 3.50. The van der Waals surface area contributed by atoms with Crippen LogP contribution in [0.3, 0.4) is 0 Å². The van der Waals surface area contributed by atoms with E-state index >= 15 is 0 Å². The molecule has 0 amide bonds. The summed E-state index contributed by atoms with van der Waals surface area (Å²) in [6.45, 7) is 5.74. The number of hydrogen-bond acceptors (Lipinski definition) is 2. The quantitative estimate of drug-likeness (QED) is 0.702. The summed E-state index contributed by atoms with van der Waals surface area (Å²) in [4.78, 5) is 15.6. The highest BCUT2D eigenvalue weighted by Crippen LogP contribution is 2.18.